The van der Waals surface area contributed by atoms with Crippen LogP contribution in [0.15, 0.2) is 42.5 Å². The van der Waals surface area contributed by atoms with Gasteiger partial charge in [0.1, 0.15) is 12.0 Å². The number of hydrogen-bond donors (Lipinski definition) is 0. The van der Waals surface area contributed by atoms with Crippen molar-refractivity contribution in [3.05, 3.63) is 48.0 Å². The molecule has 4 heteroatoms. The average Bonchev–Trinajstić information content (AvgIpc) is 2.99. The first-order valence-corrected chi connectivity index (χ1v) is 9.91. The van der Waals surface area contributed by atoms with Gasteiger partial charge >= 0.3 is 5.97 Å². The Morgan fingerprint density at radius 3 is 2.63 bits per heavy atom. The predicted molar refractivity (Wildman–Crippen MR) is 104 cm³/mol. The van der Waals surface area contributed by atoms with Gasteiger partial charge in [-0.1, -0.05) is 56.3 Å². The first-order chi connectivity index (χ1) is 12.9. The fourth-order valence-electron chi connectivity index (χ4n) is 4.73. The highest BCUT2D eigenvalue weighted by Gasteiger charge is 2.61. The molecule has 0 aliphatic heterocycles. The van der Waals surface area contributed by atoms with Crippen LogP contribution < -0.4 is 0 Å². The van der Waals surface area contributed by atoms with Crippen molar-refractivity contribution in [2.45, 2.75) is 46.6 Å². The molecule has 2 aliphatic rings. The maximum Gasteiger partial charge on any atom is 0.319 e. The van der Waals surface area contributed by atoms with Crippen LogP contribution in [0.3, 0.4) is 0 Å². The van der Waals surface area contributed by atoms with E-state index in [1.807, 2.05) is 30.3 Å². The lowest BCUT2D eigenvalue weighted by atomic mass is 9.65. The molecule has 1 saturated carbocycles. The van der Waals surface area contributed by atoms with E-state index in [4.69, 9.17) is 9.47 Å². The molecule has 146 valence electrons. The van der Waals surface area contributed by atoms with Crippen molar-refractivity contribution in [2.24, 2.45) is 22.7 Å². The number of esters is 1. The highest BCUT2D eigenvalue weighted by molar-refractivity contribution is 6.05. The van der Waals surface area contributed by atoms with Crippen molar-refractivity contribution in [3.63, 3.8) is 0 Å². The van der Waals surface area contributed by atoms with Gasteiger partial charge in [-0.3, -0.25) is 9.59 Å². The minimum atomic E-state index is -1.09. The first-order valence-electron chi connectivity index (χ1n) is 9.91. The van der Waals surface area contributed by atoms with E-state index in [0.29, 0.717) is 25.4 Å². The van der Waals surface area contributed by atoms with Gasteiger partial charge in [-0.25, -0.2) is 0 Å². The van der Waals surface area contributed by atoms with E-state index >= 15 is 0 Å². The Balaban J connectivity index is 1.76. The Kier molecular flexibility index (Phi) is 5.85. The van der Waals surface area contributed by atoms with Crippen molar-refractivity contribution in [1.29, 1.82) is 0 Å². The number of ketones is 1. The summed E-state index contributed by atoms with van der Waals surface area (Å²) in [4.78, 5) is 26.1. The second kappa shape index (κ2) is 7.97. The fourth-order valence-corrected chi connectivity index (χ4v) is 4.73. The number of fused-ring (bicyclic) bond motifs is 1. The number of carbonyl (C=O) groups is 2. The molecule has 2 aliphatic carbocycles. The van der Waals surface area contributed by atoms with Crippen molar-refractivity contribution in [3.8, 4) is 0 Å². The fraction of sp³-hybridized carbons (Fsp3) is 0.565. The number of ether oxygens (including phenoxy) is 2. The van der Waals surface area contributed by atoms with E-state index in [1.165, 1.54) is 0 Å². The van der Waals surface area contributed by atoms with E-state index in [0.717, 1.165) is 12.0 Å². The van der Waals surface area contributed by atoms with E-state index in [1.54, 1.807) is 6.92 Å². The minimum absolute atomic E-state index is 0.0589. The third-order valence-electron chi connectivity index (χ3n) is 6.63. The van der Waals surface area contributed by atoms with E-state index in [-0.39, 0.29) is 36.3 Å². The highest BCUT2D eigenvalue weighted by atomic mass is 16.5. The summed E-state index contributed by atoms with van der Waals surface area (Å²) >= 11 is 0. The van der Waals surface area contributed by atoms with Crippen LogP contribution in [0.1, 0.15) is 45.6 Å². The van der Waals surface area contributed by atoms with Gasteiger partial charge in [0.05, 0.1) is 13.2 Å². The molecule has 0 spiro atoms. The summed E-state index contributed by atoms with van der Waals surface area (Å²) in [6.07, 6.45) is 6.44. The van der Waals surface area contributed by atoms with Gasteiger partial charge in [-0.05, 0) is 49.0 Å². The molecular formula is C23H30O4. The normalized spacial score (nSPS) is 32.1. The molecule has 4 atom stereocenters. The standard InChI is InChI=1S/C23H30O4/c1-4-27-21(25)23(13-19-12-8-9-17(2)22(19,3)16-23)20(24)15-26-14-18-10-6-5-7-11-18/h5-8,10-12,17,19H,4,9,13-16H2,1-3H3/t17-,19-,22+,23-/m0/s1. The Morgan fingerprint density at radius 1 is 1.22 bits per heavy atom. The number of hydrogen-bond acceptors (Lipinski definition) is 4. The molecule has 0 bridgehead atoms. The molecule has 0 heterocycles. The summed E-state index contributed by atoms with van der Waals surface area (Å²) in [5.41, 5.74) is -0.134. The third kappa shape index (κ3) is 3.73. The zero-order valence-electron chi connectivity index (χ0n) is 16.6. The summed E-state index contributed by atoms with van der Waals surface area (Å²) in [6, 6.07) is 9.75. The van der Waals surface area contributed by atoms with Gasteiger partial charge in [-0.2, -0.15) is 0 Å². The number of benzene rings is 1. The first kappa shape index (κ1) is 19.8. The van der Waals surface area contributed by atoms with Gasteiger partial charge in [0, 0.05) is 0 Å². The smallest absolute Gasteiger partial charge is 0.319 e. The van der Waals surface area contributed by atoms with Crippen molar-refractivity contribution in [2.75, 3.05) is 13.2 Å². The molecule has 0 aromatic heterocycles. The van der Waals surface area contributed by atoms with Gasteiger partial charge in [0.2, 0.25) is 0 Å². The Bertz CT molecular complexity index is 710. The zero-order chi connectivity index (χ0) is 19.5. The molecule has 4 nitrogen and oxygen atoms in total. The largest absolute Gasteiger partial charge is 0.465 e. The molecule has 0 N–H and O–H groups in total. The van der Waals surface area contributed by atoms with Crippen LogP contribution in [0, 0.1) is 22.7 Å². The number of carbonyl (C=O) groups excluding carboxylic acids is 2. The van der Waals surface area contributed by atoms with Crippen LogP contribution in [0.5, 0.6) is 0 Å². The topological polar surface area (TPSA) is 52.6 Å². The molecule has 1 aromatic rings. The molecule has 1 aromatic carbocycles. The Labute approximate surface area is 161 Å². The molecular weight excluding hydrogens is 340 g/mol. The van der Waals surface area contributed by atoms with Gasteiger partial charge in [0.25, 0.3) is 0 Å². The predicted octanol–water partition coefficient (Wildman–Crippen LogP) is 4.33. The monoisotopic (exact) mass is 370 g/mol. The second-order valence-electron chi connectivity index (χ2n) is 8.26. The Morgan fingerprint density at radius 2 is 1.96 bits per heavy atom. The van der Waals surface area contributed by atoms with Gasteiger partial charge < -0.3 is 9.47 Å². The summed E-state index contributed by atoms with van der Waals surface area (Å²) in [6.45, 7) is 6.80. The lowest BCUT2D eigenvalue weighted by Crippen LogP contribution is -2.42. The summed E-state index contributed by atoms with van der Waals surface area (Å²) < 4.78 is 11.0. The molecule has 27 heavy (non-hydrogen) atoms. The maximum absolute atomic E-state index is 13.2. The van der Waals surface area contributed by atoms with Crippen LogP contribution in [-0.4, -0.2) is 25.0 Å². The van der Waals surface area contributed by atoms with E-state index in [2.05, 4.69) is 26.0 Å². The lowest BCUT2D eigenvalue weighted by molar-refractivity contribution is -0.162. The molecule has 0 unspecified atom stereocenters. The molecule has 0 saturated heterocycles. The quantitative estimate of drug-likeness (QED) is 0.407. The number of Topliss-reactive ketones (excluding diaryl/α,β-unsaturated/α-hetero) is 1. The van der Waals surface area contributed by atoms with E-state index in [9.17, 15) is 9.59 Å². The molecule has 3 rings (SSSR count). The molecule has 0 radical (unpaired) electrons. The van der Waals surface area contributed by atoms with Crippen LogP contribution >= 0.6 is 0 Å². The summed E-state index contributed by atoms with van der Waals surface area (Å²) in [5, 5.41) is 0. The summed E-state index contributed by atoms with van der Waals surface area (Å²) in [5.74, 6) is 0.133. The van der Waals surface area contributed by atoms with Crippen LogP contribution in [-0.2, 0) is 25.7 Å². The van der Waals surface area contributed by atoms with Crippen molar-refractivity contribution >= 4 is 11.8 Å². The lowest BCUT2D eigenvalue weighted by Gasteiger charge is -2.39. The Hall–Kier alpha value is -1.94. The zero-order valence-corrected chi connectivity index (χ0v) is 16.6. The maximum atomic E-state index is 13.2. The van der Waals surface area contributed by atoms with E-state index < -0.39 is 5.41 Å². The van der Waals surface area contributed by atoms with Gasteiger partial charge in [-0.15, -0.1) is 0 Å². The number of rotatable bonds is 7. The SMILES string of the molecule is CCOC(=O)[C@@]1(C(=O)COCc2ccccc2)C[C@@H]2C=CC[C@H](C)[C@@]2(C)C1. The van der Waals surface area contributed by atoms with Crippen LogP contribution in [0.25, 0.3) is 0 Å². The molecule has 0 amide bonds. The van der Waals surface area contributed by atoms with Gasteiger partial charge in [0.15, 0.2) is 5.78 Å². The third-order valence-corrected chi connectivity index (χ3v) is 6.63. The average molecular weight is 370 g/mol. The summed E-state index contributed by atoms with van der Waals surface area (Å²) in [7, 11) is 0. The minimum Gasteiger partial charge on any atom is -0.465 e. The highest BCUT2D eigenvalue weighted by Crippen LogP contribution is 2.60. The van der Waals surface area contributed by atoms with Crippen LogP contribution in [0.4, 0.5) is 0 Å². The van der Waals surface area contributed by atoms with Crippen LogP contribution in [0.2, 0.25) is 0 Å². The number of allylic oxidation sites excluding steroid dienone is 2. The van der Waals surface area contributed by atoms with Crippen molar-refractivity contribution in [1.82, 2.24) is 0 Å². The second-order valence-corrected chi connectivity index (χ2v) is 8.26. The van der Waals surface area contributed by atoms with Crippen molar-refractivity contribution < 1.29 is 19.1 Å². The molecule has 1 fully saturated rings.